The van der Waals surface area contributed by atoms with E-state index in [9.17, 15) is 14.0 Å². The second kappa shape index (κ2) is 9.24. The minimum atomic E-state index is -1.02. The van der Waals surface area contributed by atoms with Crippen LogP contribution in [0, 0.1) is 5.82 Å². The highest BCUT2D eigenvalue weighted by Crippen LogP contribution is 2.22. The third-order valence-corrected chi connectivity index (χ3v) is 4.45. The van der Waals surface area contributed by atoms with E-state index in [0.29, 0.717) is 11.3 Å². The maximum Gasteiger partial charge on any atom is 0.305 e. The minimum absolute atomic E-state index is 0.242. The zero-order chi connectivity index (χ0) is 19.1. The molecule has 7 heteroatoms. The van der Waals surface area contributed by atoms with Crippen LogP contribution in [0.15, 0.2) is 53.4 Å². The Kier molecular flexibility index (Phi) is 7.03. The van der Waals surface area contributed by atoms with Gasteiger partial charge in [0.25, 0.3) is 5.91 Å². The SMILES string of the molecule is CSc1ccc(C(CC(=O)O)NC(=O)C(C)Oc2ccc(F)cc2)cc1. The summed E-state index contributed by atoms with van der Waals surface area (Å²) in [5.41, 5.74) is 0.701. The molecule has 0 aliphatic carbocycles. The lowest BCUT2D eigenvalue weighted by Crippen LogP contribution is -2.39. The van der Waals surface area contributed by atoms with Crippen molar-refractivity contribution in [1.82, 2.24) is 5.32 Å². The van der Waals surface area contributed by atoms with Crippen molar-refractivity contribution in [1.29, 1.82) is 0 Å². The van der Waals surface area contributed by atoms with Gasteiger partial charge in [-0.1, -0.05) is 12.1 Å². The summed E-state index contributed by atoms with van der Waals surface area (Å²) >= 11 is 1.57. The monoisotopic (exact) mass is 377 g/mol. The number of nitrogens with one attached hydrogen (secondary N) is 1. The van der Waals surface area contributed by atoms with Crippen LogP contribution in [-0.4, -0.2) is 29.3 Å². The summed E-state index contributed by atoms with van der Waals surface area (Å²) in [5, 5.41) is 11.8. The van der Waals surface area contributed by atoms with Crippen molar-refractivity contribution in [2.24, 2.45) is 0 Å². The first kappa shape index (κ1) is 19.8. The molecule has 5 nitrogen and oxygen atoms in total. The van der Waals surface area contributed by atoms with Gasteiger partial charge in [0, 0.05) is 4.90 Å². The average molecular weight is 377 g/mol. The van der Waals surface area contributed by atoms with Gasteiger partial charge in [0.2, 0.25) is 0 Å². The number of thioether (sulfide) groups is 1. The molecule has 0 aliphatic rings. The fraction of sp³-hybridized carbons (Fsp3) is 0.263. The van der Waals surface area contributed by atoms with E-state index < -0.39 is 29.8 Å². The van der Waals surface area contributed by atoms with Crippen molar-refractivity contribution < 1.29 is 23.8 Å². The molecule has 1 amide bonds. The van der Waals surface area contributed by atoms with Gasteiger partial charge in [-0.2, -0.15) is 0 Å². The van der Waals surface area contributed by atoms with Crippen molar-refractivity contribution in [2.75, 3.05) is 6.26 Å². The number of benzene rings is 2. The predicted octanol–water partition coefficient (Wildman–Crippen LogP) is 3.65. The molecule has 2 aromatic carbocycles. The molecule has 2 N–H and O–H groups in total. The van der Waals surface area contributed by atoms with E-state index in [-0.39, 0.29) is 6.42 Å². The number of carboxylic acids is 1. The van der Waals surface area contributed by atoms with Crippen molar-refractivity contribution in [3.8, 4) is 5.75 Å². The summed E-state index contributed by atoms with van der Waals surface area (Å²) in [6, 6.07) is 12.0. The number of halogens is 1. The molecule has 26 heavy (non-hydrogen) atoms. The Morgan fingerprint density at radius 3 is 2.31 bits per heavy atom. The molecule has 0 saturated carbocycles. The van der Waals surface area contributed by atoms with Crippen LogP contribution in [0.25, 0.3) is 0 Å². The Hall–Kier alpha value is -2.54. The van der Waals surface area contributed by atoms with E-state index in [0.717, 1.165) is 4.90 Å². The molecule has 0 aliphatic heterocycles. The van der Waals surface area contributed by atoms with Crippen molar-refractivity contribution >= 4 is 23.6 Å². The average Bonchev–Trinajstić information content (AvgIpc) is 2.62. The maximum absolute atomic E-state index is 12.9. The van der Waals surface area contributed by atoms with Gasteiger partial charge in [0.1, 0.15) is 11.6 Å². The van der Waals surface area contributed by atoms with Gasteiger partial charge in [-0.15, -0.1) is 11.8 Å². The summed E-state index contributed by atoms with van der Waals surface area (Å²) in [6.45, 7) is 1.55. The lowest BCUT2D eigenvalue weighted by Gasteiger charge is -2.21. The first-order valence-electron chi connectivity index (χ1n) is 7.97. The molecular weight excluding hydrogens is 357 g/mol. The molecule has 0 radical (unpaired) electrons. The Bertz CT molecular complexity index is 749. The highest BCUT2D eigenvalue weighted by atomic mass is 32.2. The van der Waals surface area contributed by atoms with Crippen LogP contribution in [0.1, 0.15) is 24.9 Å². The number of carboxylic acid groups (broad SMARTS) is 1. The van der Waals surface area contributed by atoms with Gasteiger partial charge >= 0.3 is 5.97 Å². The van der Waals surface area contributed by atoms with E-state index >= 15 is 0 Å². The molecule has 0 heterocycles. The van der Waals surface area contributed by atoms with Gasteiger partial charge < -0.3 is 15.2 Å². The number of hydrogen-bond acceptors (Lipinski definition) is 4. The van der Waals surface area contributed by atoms with E-state index in [2.05, 4.69) is 5.32 Å². The quantitative estimate of drug-likeness (QED) is 0.687. The van der Waals surface area contributed by atoms with Crippen LogP contribution in [0.5, 0.6) is 5.75 Å². The summed E-state index contributed by atoms with van der Waals surface area (Å²) in [6.07, 6.45) is 0.843. The van der Waals surface area contributed by atoms with Gasteiger partial charge in [-0.25, -0.2) is 4.39 Å². The molecule has 0 fully saturated rings. The van der Waals surface area contributed by atoms with Gasteiger partial charge in [0.15, 0.2) is 6.10 Å². The van der Waals surface area contributed by atoms with Crippen molar-refractivity contribution in [3.63, 3.8) is 0 Å². The number of aliphatic carboxylic acids is 1. The number of hydrogen-bond donors (Lipinski definition) is 2. The number of amides is 1. The first-order valence-corrected chi connectivity index (χ1v) is 9.20. The van der Waals surface area contributed by atoms with E-state index in [1.807, 2.05) is 18.4 Å². The zero-order valence-electron chi connectivity index (χ0n) is 14.4. The van der Waals surface area contributed by atoms with E-state index in [1.165, 1.54) is 24.3 Å². The highest BCUT2D eigenvalue weighted by molar-refractivity contribution is 7.98. The Balaban J connectivity index is 2.06. The molecule has 2 unspecified atom stereocenters. The molecule has 138 valence electrons. The number of carbonyl (C=O) groups is 2. The largest absolute Gasteiger partial charge is 0.481 e. The Morgan fingerprint density at radius 1 is 1.15 bits per heavy atom. The van der Waals surface area contributed by atoms with Crippen LogP contribution in [0.4, 0.5) is 4.39 Å². The number of rotatable bonds is 8. The highest BCUT2D eigenvalue weighted by Gasteiger charge is 2.22. The Labute approximate surface area is 155 Å². The minimum Gasteiger partial charge on any atom is -0.481 e. The fourth-order valence-corrected chi connectivity index (χ4v) is 2.73. The normalized spacial score (nSPS) is 12.9. The zero-order valence-corrected chi connectivity index (χ0v) is 15.3. The third kappa shape index (κ3) is 5.77. The molecule has 2 rings (SSSR count). The Morgan fingerprint density at radius 2 is 1.77 bits per heavy atom. The van der Waals surface area contributed by atoms with Gasteiger partial charge in [-0.05, 0) is 55.1 Å². The summed E-state index contributed by atoms with van der Waals surface area (Å²) in [7, 11) is 0. The van der Waals surface area contributed by atoms with Gasteiger partial charge in [-0.3, -0.25) is 9.59 Å². The predicted molar refractivity (Wildman–Crippen MR) is 97.8 cm³/mol. The molecule has 0 aromatic heterocycles. The maximum atomic E-state index is 12.9. The lowest BCUT2D eigenvalue weighted by atomic mass is 10.0. The molecule has 0 saturated heterocycles. The van der Waals surface area contributed by atoms with E-state index in [1.54, 1.807) is 30.8 Å². The van der Waals surface area contributed by atoms with Crippen LogP contribution >= 0.6 is 11.8 Å². The third-order valence-electron chi connectivity index (χ3n) is 3.71. The van der Waals surface area contributed by atoms with Crippen molar-refractivity contribution in [3.05, 3.63) is 59.9 Å². The van der Waals surface area contributed by atoms with Crippen LogP contribution in [0.3, 0.4) is 0 Å². The smallest absolute Gasteiger partial charge is 0.305 e. The number of carbonyl (C=O) groups excluding carboxylic acids is 1. The second-order valence-electron chi connectivity index (χ2n) is 5.65. The molecule has 2 atom stereocenters. The van der Waals surface area contributed by atoms with Crippen molar-refractivity contribution in [2.45, 2.75) is 30.4 Å². The molecule has 0 bridgehead atoms. The molecular formula is C19H20FNO4S. The van der Waals surface area contributed by atoms with E-state index in [4.69, 9.17) is 9.84 Å². The lowest BCUT2D eigenvalue weighted by molar-refractivity contribution is -0.138. The first-order chi connectivity index (χ1) is 12.4. The topological polar surface area (TPSA) is 75.6 Å². The van der Waals surface area contributed by atoms with Gasteiger partial charge in [0.05, 0.1) is 12.5 Å². The summed E-state index contributed by atoms with van der Waals surface area (Å²) < 4.78 is 18.4. The number of ether oxygens (including phenoxy) is 1. The standard InChI is InChI=1S/C19H20FNO4S/c1-12(25-15-7-5-14(20)6-8-15)19(24)21-17(11-18(22)23)13-3-9-16(26-2)10-4-13/h3-10,12,17H,11H2,1-2H3,(H,21,24)(H,22,23). The second-order valence-corrected chi connectivity index (χ2v) is 6.53. The summed E-state index contributed by atoms with van der Waals surface area (Å²) in [4.78, 5) is 24.6. The van der Waals surface area contributed by atoms with Crippen LogP contribution in [0.2, 0.25) is 0 Å². The fourth-order valence-electron chi connectivity index (χ4n) is 2.32. The summed E-state index contributed by atoms with van der Waals surface area (Å²) in [5.74, 6) is -1.51. The van der Waals surface area contributed by atoms with Crippen LogP contribution in [-0.2, 0) is 9.59 Å². The molecule has 2 aromatic rings. The molecule has 0 spiro atoms. The van der Waals surface area contributed by atoms with Crippen LogP contribution < -0.4 is 10.1 Å².